The average molecular weight is 223 g/mol. The van der Waals surface area contributed by atoms with Crippen LogP contribution in [0.15, 0.2) is 6.20 Å². The number of hydrogen-bond acceptors (Lipinski definition) is 3. The number of aromatic amines is 1. The number of aliphatic hydroxyl groups excluding tert-OH is 1. The highest BCUT2D eigenvalue weighted by Crippen LogP contribution is 2.35. The van der Waals surface area contributed by atoms with E-state index in [1.54, 1.807) is 0 Å². The van der Waals surface area contributed by atoms with Gasteiger partial charge in [-0.15, -0.1) is 0 Å². The zero-order chi connectivity index (χ0) is 11.5. The van der Waals surface area contributed by atoms with Gasteiger partial charge in [-0.1, -0.05) is 0 Å². The predicted molar refractivity (Wildman–Crippen MR) is 63.1 cm³/mol. The number of aromatic nitrogens is 2. The molecule has 1 aliphatic rings. The van der Waals surface area contributed by atoms with E-state index < -0.39 is 0 Å². The Balaban J connectivity index is 1.94. The fourth-order valence-corrected chi connectivity index (χ4v) is 2.30. The van der Waals surface area contributed by atoms with Gasteiger partial charge >= 0.3 is 0 Å². The molecule has 0 saturated heterocycles. The Labute approximate surface area is 96.5 Å². The Morgan fingerprint density at radius 2 is 2.38 bits per heavy atom. The SMILES string of the molecule is Cc1[nH]ncc1C(C)NC(CCO)C1CC1. The summed E-state index contributed by atoms with van der Waals surface area (Å²) in [6.45, 7) is 4.47. The molecule has 3 N–H and O–H groups in total. The molecule has 1 saturated carbocycles. The molecular formula is C12H21N3O. The predicted octanol–water partition coefficient (Wildman–Crippen LogP) is 1.53. The van der Waals surface area contributed by atoms with Crippen molar-refractivity contribution in [2.24, 2.45) is 5.92 Å². The van der Waals surface area contributed by atoms with Gasteiger partial charge in [0.05, 0.1) is 6.20 Å². The van der Waals surface area contributed by atoms with Crippen molar-refractivity contribution in [3.63, 3.8) is 0 Å². The molecule has 0 bridgehead atoms. The molecule has 0 radical (unpaired) electrons. The van der Waals surface area contributed by atoms with Crippen LogP contribution < -0.4 is 5.32 Å². The van der Waals surface area contributed by atoms with Crippen LogP contribution in [0.2, 0.25) is 0 Å². The Morgan fingerprint density at radius 1 is 1.62 bits per heavy atom. The molecule has 0 spiro atoms. The Hall–Kier alpha value is -0.870. The minimum atomic E-state index is 0.269. The van der Waals surface area contributed by atoms with E-state index in [0.29, 0.717) is 12.1 Å². The number of aryl methyl sites for hydroxylation is 1. The van der Waals surface area contributed by atoms with E-state index in [9.17, 15) is 0 Å². The van der Waals surface area contributed by atoms with Crippen LogP contribution in [0.4, 0.5) is 0 Å². The minimum Gasteiger partial charge on any atom is -0.396 e. The van der Waals surface area contributed by atoms with Gasteiger partial charge in [0.15, 0.2) is 0 Å². The molecule has 16 heavy (non-hydrogen) atoms. The number of H-pyrrole nitrogens is 1. The Kier molecular flexibility index (Phi) is 3.61. The number of rotatable bonds is 6. The maximum atomic E-state index is 9.05. The largest absolute Gasteiger partial charge is 0.396 e. The first-order chi connectivity index (χ1) is 7.72. The van der Waals surface area contributed by atoms with Crippen molar-refractivity contribution in [3.05, 3.63) is 17.5 Å². The smallest absolute Gasteiger partial charge is 0.0537 e. The van der Waals surface area contributed by atoms with Crippen LogP contribution in [0.1, 0.15) is 43.5 Å². The monoisotopic (exact) mass is 223 g/mol. The summed E-state index contributed by atoms with van der Waals surface area (Å²) < 4.78 is 0. The fraction of sp³-hybridized carbons (Fsp3) is 0.750. The molecule has 0 amide bonds. The van der Waals surface area contributed by atoms with Crippen molar-refractivity contribution in [1.82, 2.24) is 15.5 Å². The molecule has 1 fully saturated rings. The van der Waals surface area contributed by atoms with E-state index in [-0.39, 0.29) is 6.61 Å². The van der Waals surface area contributed by atoms with Crippen LogP contribution in [0, 0.1) is 12.8 Å². The lowest BCUT2D eigenvalue weighted by Gasteiger charge is -2.22. The second-order valence-electron chi connectivity index (χ2n) is 4.79. The quantitative estimate of drug-likeness (QED) is 0.685. The zero-order valence-corrected chi connectivity index (χ0v) is 10.0. The third kappa shape index (κ3) is 2.62. The van der Waals surface area contributed by atoms with Crippen LogP contribution >= 0.6 is 0 Å². The molecule has 0 aromatic carbocycles. The average Bonchev–Trinajstić information content (AvgIpc) is 3.00. The van der Waals surface area contributed by atoms with Crippen LogP contribution in [0.5, 0.6) is 0 Å². The number of nitrogens with zero attached hydrogens (tertiary/aromatic N) is 1. The highest BCUT2D eigenvalue weighted by molar-refractivity contribution is 5.18. The van der Waals surface area contributed by atoms with E-state index in [1.165, 1.54) is 18.4 Å². The van der Waals surface area contributed by atoms with Crippen molar-refractivity contribution in [2.45, 2.75) is 45.2 Å². The normalized spacial score (nSPS) is 19.7. The van der Waals surface area contributed by atoms with Crippen LogP contribution in [0.3, 0.4) is 0 Å². The summed E-state index contributed by atoms with van der Waals surface area (Å²) >= 11 is 0. The van der Waals surface area contributed by atoms with Crippen molar-refractivity contribution in [3.8, 4) is 0 Å². The molecule has 2 atom stereocenters. The molecule has 2 rings (SSSR count). The topological polar surface area (TPSA) is 60.9 Å². The van der Waals surface area contributed by atoms with Gasteiger partial charge in [-0.05, 0) is 39.0 Å². The number of hydrogen-bond donors (Lipinski definition) is 3. The second-order valence-corrected chi connectivity index (χ2v) is 4.79. The molecule has 1 aromatic heterocycles. The first-order valence-corrected chi connectivity index (χ1v) is 6.09. The summed E-state index contributed by atoms with van der Waals surface area (Å²) in [4.78, 5) is 0. The highest BCUT2D eigenvalue weighted by atomic mass is 16.3. The van der Waals surface area contributed by atoms with E-state index in [4.69, 9.17) is 5.11 Å². The Bertz CT molecular complexity index is 333. The van der Waals surface area contributed by atoms with Gasteiger partial charge in [0, 0.05) is 29.9 Å². The van der Waals surface area contributed by atoms with Gasteiger partial charge in [0.1, 0.15) is 0 Å². The molecule has 1 heterocycles. The van der Waals surface area contributed by atoms with Crippen molar-refractivity contribution in [1.29, 1.82) is 0 Å². The summed E-state index contributed by atoms with van der Waals surface area (Å²) in [5.41, 5.74) is 2.35. The summed E-state index contributed by atoms with van der Waals surface area (Å²) in [5, 5.41) is 19.7. The van der Waals surface area contributed by atoms with E-state index in [2.05, 4.69) is 22.4 Å². The molecule has 2 unspecified atom stereocenters. The van der Waals surface area contributed by atoms with Crippen LogP contribution in [-0.4, -0.2) is 28.0 Å². The van der Waals surface area contributed by atoms with Crippen molar-refractivity contribution >= 4 is 0 Å². The van der Waals surface area contributed by atoms with Gasteiger partial charge < -0.3 is 10.4 Å². The lowest BCUT2D eigenvalue weighted by atomic mass is 10.0. The first-order valence-electron chi connectivity index (χ1n) is 6.09. The van der Waals surface area contributed by atoms with E-state index in [1.807, 2.05) is 13.1 Å². The lowest BCUT2D eigenvalue weighted by molar-refractivity contribution is 0.250. The van der Waals surface area contributed by atoms with E-state index in [0.717, 1.165) is 18.0 Å². The van der Waals surface area contributed by atoms with Gasteiger partial charge in [-0.25, -0.2) is 0 Å². The van der Waals surface area contributed by atoms with Crippen molar-refractivity contribution in [2.75, 3.05) is 6.61 Å². The summed E-state index contributed by atoms with van der Waals surface area (Å²) in [7, 11) is 0. The molecule has 1 aromatic rings. The van der Waals surface area contributed by atoms with Crippen LogP contribution in [0.25, 0.3) is 0 Å². The second kappa shape index (κ2) is 4.97. The molecule has 0 aliphatic heterocycles. The summed E-state index contributed by atoms with van der Waals surface area (Å²) in [5.74, 6) is 0.766. The molecule has 4 heteroatoms. The fourth-order valence-electron chi connectivity index (χ4n) is 2.30. The molecule has 1 aliphatic carbocycles. The van der Waals surface area contributed by atoms with Gasteiger partial charge in [-0.3, -0.25) is 5.10 Å². The number of aliphatic hydroxyl groups is 1. The lowest BCUT2D eigenvalue weighted by Crippen LogP contribution is -2.34. The maximum Gasteiger partial charge on any atom is 0.0537 e. The van der Waals surface area contributed by atoms with Crippen LogP contribution in [-0.2, 0) is 0 Å². The molecular weight excluding hydrogens is 202 g/mol. The summed E-state index contributed by atoms with van der Waals surface area (Å²) in [6, 6.07) is 0.755. The third-order valence-electron chi connectivity index (χ3n) is 3.43. The first kappa shape index (κ1) is 11.6. The Morgan fingerprint density at radius 3 is 2.88 bits per heavy atom. The standard InChI is InChI=1S/C12H21N3O/c1-8(11-7-13-15-9(11)2)14-12(5-6-16)10-3-4-10/h7-8,10,12,14,16H,3-6H2,1-2H3,(H,13,15). The van der Waals surface area contributed by atoms with Gasteiger partial charge in [-0.2, -0.15) is 5.10 Å². The zero-order valence-electron chi connectivity index (χ0n) is 10.0. The third-order valence-corrected chi connectivity index (χ3v) is 3.43. The summed E-state index contributed by atoms with van der Waals surface area (Å²) in [6.07, 6.45) is 5.34. The number of nitrogens with one attached hydrogen (secondary N) is 2. The van der Waals surface area contributed by atoms with E-state index >= 15 is 0 Å². The molecule has 90 valence electrons. The highest BCUT2D eigenvalue weighted by Gasteiger charge is 2.31. The molecule has 4 nitrogen and oxygen atoms in total. The minimum absolute atomic E-state index is 0.269. The van der Waals surface area contributed by atoms with Gasteiger partial charge in [0.2, 0.25) is 0 Å². The maximum absolute atomic E-state index is 9.05. The van der Waals surface area contributed by atoms with Gasteiger partial charge in [0.25, 0.3) is 0 Å². The van der Waals surface area contributed by atoms with Crippen molar-refractivity contribution < 1.29 is 5.11 Å².